The van der Waals surface area contributed by atoms with Crippen molar-refractivity contribution < 1.29 is 14.3 Å². The molecule has 1 aromatic carbocycles. The van der Waals surface area contributed by atoms with Gasteiger partial charge >= 0.3 is 0 Å². The number of hydrogen-bond acceptors (Lipinski definition) is 4. The number of carbonyl (C=O) groups excluding carboxylic acids is 2. The molecule has 0 aliphatic heterocycles. The summed E-state index contributed by atoms with van der Waals surface area (Å²) in [6, 6.07) is 5.04. The molecule has 1 aliphatic carbocycles. The number of hydrogen-bond donors (Lipinski definition) is 3. The molecule has 2 atom stereocenters. The average Bonchev–Trinajstić information content (AvgIpc) is 2.54. The van der Waals surface area contributed by atoms with Crippen molar-refractivity contribution >= 4 is 29.9 Å². The minimum Gasteiger partial charge on any atom is -0.495 e. The Kier molecular flexibility index (Phi) is 7.32. The summed E-state index contributed by atoms with van der Waals surface area (Å²) in [6.07, 6.45) is 3.48. The number of nitrogens with one attached hydrogen (secondary N) is 2. The van der Waals surface area contributed by atoms with E-state index < -0.39 is 0 Å². The Labute approximate surface area is 142 Å². The highest BCUT2D eigenvalue weighted by molar-refractivity contribution is 5.98. The molecule has 0 radical (unpaired) electrons. The van der Waals surface area contributed by atoms with Gasteiger partial charge in [0, 0.05) is 24.6 Å². The number of benzene rings is 1. The van der Waals surface area contributed by atoms with E-state index in [2.05, 4.69) is 10.6 Å². The summed E-state index contributed by atoms with van der Waals surface area (Å²) in [5.74, 6) is 0.165. The first-order valence-electron chi connectivity index (χ1n) is 7.51. The van der Waals surface area contributed by atoms with E-state index in [-0.39, 0.29) is 36.2 Å². The van der Waals surface area contributed by atoms with Crippen LogP contribution in [0.3, 0.4) is 0 Å². The monoisotopic (exact) mass is 341 g/mol. The number of amides is 2. The second-order valence-electron chi connectivity index (χ2n) is 5.61. The van der Waals surface area contributed by atoms with Crippen molar-refractivity contribution in [3.8, 4) is 5.75 Å². The quantitative estimate of drug-likeness (QED) is 0.780. The minimum absolute atomic E-state index is 0. The SMILES string of the molecule is CNC(=O)c1ccc(OC)c(NC(=O)C2CCCC(N)C2)c1.Cl. The van der Waals surface area contributed by atoms with Gasteiger partial charge in [0.05, 0.1) is 12.8 Å². The fraction of sp³-hybridized carbons (Fsp3) is 0.500. The lowest BCUT2D eigenvalue weighted by atomic mass is 9.85. The molecule has 1 aromatic rings. The van der Waals surface area contributed by atoms with Crippen molar-refractivity contribution in [2.24, 2.45) is 11.7 Å². The molecule has 6 nitrogen and oxygen atoms in total. The highest BCUT2D eigenvalue weighted by atomic mass is 35.5. The fourth-order valence-corrected chi connectivity index (χ4v) is 2.79. The van der Waals surface area contributed by atoms with E-state index in [1.807, 2.05) is 0 Å². The number of halogens is 1. The van der Waals surface area contributed by atoms with E-state index in [0.717, 1.165) is 19.3 Å². The van der Waals surface area contributed by atoms with E-state index in [9.17, 15) is 9.59 Å². The molecule has 128 valence electrons. The highest BCUT2D eigenvalue weighted by Gasteiger charge is 2.26. The number of nitrogens with two attached hydrogens (primary N) is 1. The summed E-state index contributed by atoms with van der Waals surface area (Å²) in [6.45, 7) is 0. The zero-order chi connectivity index (χ0) is 16.1. The van der Waals surface area contributed by atoms with Crippen LogP contribution in [-0.4, -0.2) is 32.0 Å². The molecule has 0 spiro atoms. The molecule has 0 heterocycles. The molecule has 2 unspecified atom stereocenters. The van der Waals surface area contributed by atoms with E-state index in [0.29, 0.717) is 23.4 Å². The van der Waals surface area contributed by atoms with Gasteiger partial charge in [0.2, 0.25) is 5.91 Å². The number of rotatable bonds is 4. The molecule has 1 fully saturated rings. The van der Waals surface area contributed by atoms with E-state index >= 15 is 0 Å². The molecular weight excluding hydrogens is 318 g/mol. The zero-order valence-corrected chi connectivity index (χ0v) is 14.2. The predicted octanol–water partition coefficient (Wildman–Crippen LogP) is 1.93. The smallest absolute Gasteiger partial charge is 0.251 e. The number of carbonyl (C=O) groups is 2. The molecule has 4 N–H and O–H groups in total. The maximum absolute atomic E-state index is 12.4. The van der Waals surface area contributed by atoms with Gasteiger partial charge in [-0.15, -0.1) is 12.4 Å². The maximum atomic E-state index is 12.4. The van der Waals surface area contributed by atoms with Crippen LogP contribution in [0.25, 0.3) is 0 Å². The number of methoxy groups -OCH3 is 1. The Morgan fingerprint density at radius 1 is 1.30 bits per heavy atom. The van der Waals surface area contributed by atoms with Crippen LogP contribution in [0.15, 0.2) is 18.2 Å². The summed E-state index contributed by atoms with van der Waals surface area (Å²) in [5.41, 5.74) is 6.92. The van der Waals surface area contributed by atoms with Crippen LogP contribution in [-0.2, 0) is 4.79 Å². The van der Waals surface area contributed by atoms with Crippen LogP contribution in [0.4, 0.5) is 5.69 Å². The van der Waals surface area contributed by atoms with E-state index in [1.54, 1.807) is 25.2 Å². The van der Waals surface area contributed by atoms with Crippen LogP contribution < -0.4 is 21.1 Å². The molecule has 2 rings (SSSR count). The molecular formula is C16H24ClN3O3. The summed E-state index contributed by atoms with van der Waals surface area (Å²) in [5, 5.41) is 5.43. The van der Waals surface area contributed by atoms with Gasteiger partial charge in [-0.1, -0.05) is 6.42 Å². The van der Waals surface area contributed by atoms with E-state index in [4.69, 9.17) is 10.5 Å². The summed E-state index contributed by atoms with van der Waals surface area (Å²) in [4.78, 5) is 24.1. The van der Waals surface area contributed by atoms with Gasteiger partial charge in [-0.3, -0.25) is 9.59 Å². The van der Waals surface area contributed by atoms with Crippen molar-refractivity contribution in [3.63, 3.8) is 0 Å². The largest absolute Gasteiger partial charge is 0.495 e. The van der Waals surface area contributed by atoms with Gasteiger partial charge < -0.3 is 21.1 Å². The van der Waals surface area contributed by atoms with Gasteiger partial charge in [0.25, 0.3) is 5.91 Å². The topological polar surface area (TPSA) is 93.5 Å². The molecule has 1 saturated carbocycles. The maximum Gasteiger partial charge on any atom is 0.251 e. The molecule has 0 bridgehead atoms. The summed E-state index contributed by atoms with van der Waals surface area (Å²) >= 11 is 0. The normalized spacial score (nSPS) is 20.1. The lowest BCUT2D eigenvalue weighted by molar-refractivity contribution is -0.120. The third-order valence-electron chi connectivity index (χ3n) is 4.03. The van der Waals surface area contributed by atoms with Crippen molar-refractivity contribution in [3.05, 3.63) is 23.8 Å². The van der Waals surface area contributed by atoms with Crippen molar-refractivity contribution in [2.45, 2.75) is 31.7 Å². The fourth-order valence-electron chi connectivity index (χ4n) is 2.79. The minimum atomic E-state index is -0.210. The van der Waals surface area contributed by atoms with Crippen LogP contribution >= 0.6 is 12.4 Å². The highest BCUT2D eigenvalue weighted by Crippen LogP contribution is 2.29. The second-order valence-corrected chi connectivity index (χ2v) is 5.61. The molecule has 2 amide bonds. The number of anilines is 1. The molecule has 0 aromatic heterocycles. The molecule has 23 heavy (non-hydrogen) atoms. The lowest BCUT2D eigenvalue weighted by Gasteiger charge is -2.26. The Morgan fingerprint density at radius 3 is 2.65 bits per heavy atom. The Morgan fingerprint density at radius 2 is 2.04 bits per heavy atom. The molecule has 0 saturated heterocycles. The summed E-state index contributed by atoms with van der Waals surface area (Å²) in [7, 11) is 3.09. The standard InChI is InChI=1S/C16H23N3O3.ClH/c1-18-15(20)11-6-7-14(22-2)13(9-11)19-16(21)10-4-3-5-12(17)8-10;/h6-7,9-10,12H,3-5,8,17H2,1-2H3,(H,18,20)(H,19,21);1H. The van der Waals surface area contributed by atoms with Gasteiger partial charge in [0.1, 0.15) is 5.75 Å². The van der Waals surface area contributed by atoms with Crippen molar-refractivity contribution in [1.82, 2.24) is 5.32 Å². The van der Waals surface area contributed by atoms with Crippen LogP contribution in [0.2, 0.25) is 0 Å². The number of ether oxygens (including phenoxy) is 1. The van der Waals surface area contributed by atoms with Gasteiger partial charge in [-0.25, -0.2) is 0 Å². The van der Waals surface area contributed by atoms with Gasteiger partial charge in [-0.2, -0.15) is 0 Å². The Balaban J connectivity index is 0.00000264. The molecule has 7 heteroatoms. The molecule has 1 aliphatic rings. The van der Waals surface area contributed by atoms with Crippen molar-refractivity contribution in [2.75, 3.05) is 19.5 Å². The first-order valence-corrected chi connectivity index (χ1v) is 7.51. The van der Waals surface area contributed by atoms with E-state index in [1.165, 1.54) is 7.11 Å². The van der Waals surface area contributed by atoms with Crippen LogP contribution in [0, 0.1) is 5.92 Å². The average molecular weight is 342 g/mol. The Hall–Kier alpha value is -1.79. The van der Waals surface area contributed by atoms with Gasteiger partial charge in [-0.05, 0) is 37.5 Å². The van der Waals surface area contributed by atoms with Crippen LogP contribution in [0.1, 0.15) is 36.0 Å². The Bertz CT molecular complexity index is 566. The third kappa shape index (κ3) is 4.84. The first-order chi connectivity index (χ1) is 10.5. The predicted molar refractivity (Wildman–Crippen MR) is 92.2 cm³/mol. The zero-order valence-electron chi connectivity index (χ0n) is 13.4. The first kappa shape index (κ1) is 19.3. The van der Waals surface area contributed by atoms with Gasteiger partial charge in [0.15, 0.2) is 0 Å². The lowest BCUT2D eigenvalue weighted by Crippen LogP contribution is -2.34. The van der Waals surface area contributed by atoms with Crippen molar-refractivity contribution in [1.29, 1.82) is 0 Å². The van der Waals surface area contributed by atoms with Crippen LogP contribution in [0.5, 0.6) is 5.75 Å². The second kappa shape index (κ2) is 8.74. The third-order valence-corrected chi connectivity index (χ3v) is 4.03. The summed E-state index contributed by atoms with van der Waals surface area (Å²) < 4.78 is 5.25.